The van der Waals surface area contributed by atoms with Crippen molar-refractivity contribution < 1.29 is 28.9 Å². The number of aryl methyl sites for hydroxylation is 1. The Morgan fingerprint density at radius 2 is 1.79 bits per heavy atom. The second-order valence-corrected chi connectivity index (χ2v) is 12.3. The molecule has 1 fully saturated rings. The normalized spacial score (nSPS) is 21.7. The molecule has 5 rings (SSSR count). The molecule has 0 radical (unpaired) electrons. The van der Waals surface area contributed by atoms with Gasteiger partial charge in [0.05, 0.1) is 25.6 Å². The molecular weight excluding hydrogens is 566 g/mol. The maximum Gasteiger partial charge on any atom is 0.303 e. The number of halogens is 1. The van der Waals surface area contributed by atoms with Crippen LogP contribution in [0.1, 0.15) is 99.3 Å². The highest BCUT2D eigenvalue weighted by Crippen LogP contribution is 2.47. The van der Waals surface area contributed by atoms with Gasteiger partial charge in [-0.1, -0.05) is 49.9 Å². The predicted molar refractivity (Wildman–Crippen MR) is 167 cm³/mol. The smallest absolute Gasteiger partial charge is 0.303 e. The summed E-state index contributed by atoms with van der Waals surface area (Å²) in [7, 11) is 3.24. The topological polar surface area (TPSA) is 87.0 Å². The maximum atomic E-state index is 13.6. The van der Waals surface area contributed by atoms with Gasteiger partial charge >= 0.3 is 5.97 Å². The lowest BCUT2D eigenvalue weighted by molar-refractivity contribution is -0.138. The van der Waals surface area contributed by atoms with Crippen molar-refractivity contribution in [2.75, 3.05) is 14.2 Å². The van der Waals surface area contributed by atoms with Crippen LogP contribution >= 0.6 is 11.6 Å². The molecule has 0 saturated heterocycles. The van der Waals surface area contributed by atoms with E-state index < -0.39 is 18.2 Å². The van der Waals surface area contributed by atoms with Crippen LogP contribution in [0.5, 0.6) is 11.5 Å². The minimum Gasteiger partial charge on any atom is -0.493 e. The van der Waals surface area contributed by atoms with Gasteiger partial charge in [-0.25, -0.2) is 0 Å². The number of carboxylic acids is 1. The molecule has 1 aliphatic carbocycles. The summed E-state index contributed by atoms with van der Waals surface area (Å²) >= 11 is 6.68. The number of benzene rings is 2. The number of carboxylic acid groups (broad SMARTS) is 1. The number of aliphatic carboxylic acids is 1. The van der Waals surface area contributed by atoms with Gasteiger partial charge < -0.3 is 23.9 Å². The van der Waals surface area contributed by atoms with Crippen molar-refractivity contribution in [1.82, 2.24) is 4.57 Å². The first-order valence-corrected chi connectivity index (χ1v) is 15.8. The van der Waals surface area contributed by atoms with Gasteiger partial charge in [-0.3, -0.25) is 9.59 Å². The molecule has 1 saturated carbocycles. The summed E-state index contributed by atoms with van der Waals surface area (Å²) in [5.74, 6) is 1.35. The first-order chi connectivity index (χ1) is 20.8. The van der Waals surface area contributed by atoms with Crippen LogP contribution in [0.3, 0.4) is 0 Å². The molecule has 1 N–H and O–H groups in total. The number of ketones is 1. The number of carbonyl (C=O) groups excluding carboxylic acids is 1. The average molecular weight is 608 g/mol. The summed E-state index contributed by atoms with van der Waals surface area (Å²) in [6.07, 6.45) is 8.56. The molecule has 230 valence electrons. The van der Waals surface area contributed by atoms with Gasteiger partial charge in [0.2, 0.25) is 0 Å². The number of methoxy groups -OCH3 is 2. The van der Waals surface area contributed by atoms with Crippen LogP contribution in [0.25, 0.3) is 5.69 Å². The molecule has 2 aromatic carbocycles. The standard InChI is InChI=1S/C35H42ClNO6/c1-4-24-19-25(36)20-28-33(24)37-17-7-11-29(37)31(43-34(28)27-10-6-12-30(41-2)35(27)42-3)21-26(38)16-15-22-8-5-9-23(14-13-22)18-32(39)40/h6-7,10-12,17,19-20,22-23,31,34H,4-5,8-9,13-16,18,21H2,1-3H3,(H,39,40)/t22?,23?,31-,34-/m0/s1. The molecular formula is C35H42ClNO6. The summed E-state index contributed by atoms with van der Waals surface area (Å²) < 4.78 is 20.6. The van der Waals surface area contributed by atoms with Crippen molar-refractivity contribution in [2.24, 2.45) is 11.8 Å². The van der Waals surface area contributed by atoms with E-state index in [4.69, 9.17) is 25.8 Å². The third kappa shape index (κ3) is 6.94. The van der Waals surface area contributed by atoms with E-state index in [9.17, 15) is 14.7 Å². The summed E-state index contributed by atoms with van der Waals surface area (Å²) in [5, 5.41) is 9.83. The number of hydrogen-bond donors (Lipinski definition) is 1. The van der Waals surface area contributed by atoms with Crippen molar-refractivity contribution >= 4 is 23.4 Å². The minimum atomic E-state index is -0.716. The number of hydrogen-bond acceptors (Lipinski definition) is 5. The highest BCUT2D eigenvalue weighted by Gasteiger charge is 2.35. The van der Waals surface area contributed by atoms with Gasteiger partial charge in [0.1, 0.15) is 18.0 Å². The molecule has 43 heavy (non-hydrogen) atoms. The lowest BCUT2D eigenvalue weighted by Crippen LogP contribution is -2.16. The fraction of sp³-hybridized carbons (Fsp3) is 0.486. The second-order valence-electron chi connectivity index (χ2n) is 11.9. The van der Waals surface area contributed by atoms with Gasteiger partial charge in [-0.05, 0) is 73.4 Å². The fourth-order valence-electron chi connectivity index (χ4n) is 6.99. The van der Waals surface area contributed by atoms with E-state index in [1.165, 1.54) is 0 Å². The fourth-order valence-corrected chi connectivity index (χ4v) is 7.24. The lowest BCUT2D eigenvalue weighted by Gasteiger charge is -2.26. The Bertz CT molecular complexity index is 1450. The van der Waals surface area contributed by atoms with Gasteiger partial charge in [-0.15, -0.1) is 0 Å². The van der Waals surface area contributed by atoms with Crippen molar-refractivity contribution in [1.29, 1.82) is 0 Å². The number of Topliss-reactive ketones (excluding diaryl/α,β-unsaturated/α-hetero) is 1. The number of para-hydroxylation sites is 1. The lowest BCUT2D eigenvalue weighted by atomic mass is 9.91. The molecule has 2 unspecified atom stereocenters. The number of nitrogens with zero attached hydrogens (tertiary/aromatic N) is 1. The van der Waals surface area contributed by atoms with Crippen molar-refractivity contribution in [2.45, 2.75) is 83.3 Å². The summed E-state index contributed by atoms with van der Waals surface area (Å²) in [6.45, 7) is 2.11. The number of rotatable bonds is 11. The summed E-state index contributed by atoms with van der Waals surface area (Å²) in [6, 6.07) is 13.8. The quantitative estimate of drug-likeness (QED) is 0.221. The third-order valence-corrected chi connectivity index (χ3v) is 9.35. The van der Waals surface area contributed by atoms with Gasteiger partial charge in [0.25, 0.3) is 0 Å². The first-order valence-electron chi connectivity index (χ1n) is 15.4. The number of aromatic nitrogens is 1. The number of carbonyl (C=O) groups is 2. The predicted octanol–water partition coefficient (Wildman–Crippen LogP) is 8.28. The summed E-state index contributed by atoms with van der Waals surface area (Å²) in [4.78, 5) is 24.8. The highest BCUT2D eigenvalue weighted by molar-refractivity contribution is 6.30. The van der Waals surface area contributed by atoms with Gasteiger partial charge in [-0.2, -0.15) is 0 Å². The Morgan fingerprint density at radius 3 is 2.53 bits per heavy atom. The molecule has 0 spiro atoms. The van der Waals surface area contributed by atoms with Crippen LogP contribution in [0.4, 0.5) is 0 Å². The van der Waals surface area contributed by atoms with Crippen molar-refractivity contribution in [3.63, 3.8) is 0 Å². The largest absolute Gasteiger partial charge is 0.493 e. The Balaban J connectivity index is 1.43. The molecule has 8 heteroatoms. The molecule has 0 bridgehead atoms. The van der Waals surface area contributed by atoms with Gasteiger partial charge in [0.15, 0.2) is 11.5 Å². The second kappa shape index (κ2) is 14.0. The Kier molecular flexibility index (Phi) is 10.1. The monoisotopic (exact) mass is 607 g/mol. The third-order valence-electron chi connectivity index (χ3n) is 9.13. The molecule has 3 aromatic rings. The Morgan fingerprint density at radius 1 is 1.00 bits per heavy atom. The summed E-state index contributed by atoms with van der Waals surface area (Å²) in [5.41, 5.74) is 4.77. The maximum absolute atomic E-state index is 13.6. The van der Waals surface area contributed by atoms with Crippen LogP contribution in [-0.2, 0) is 20.7 Å². The van der Waals surface area contributed by atoms with Crippen LogP contribution in [0.15, 0.2) is 48.7 Å². The van der Waals surface area contributed by atoms with E-state index in [0.29, 0.717) is 28.9 Å². The van der Waals surface area contributed by atoms with Crippen molar-refractivity contribution in [3.8, 4) is 17.2 Å². The van der Waals surface area contributed by atoms with Crippen LogP contribution in [-0.4, -0.2) is 35.6 Å². The number of ether oxygens (including phenoxy) is 3. The molecule has 1 aromatic heterocycles. The molecule has 2 heterocycles. The number of fused-ring (bicyclic) bond motifs is 3. The van der Waals surface area contributed by atoms with Crippen molar-refractivity contribution in [3.05, 3.63) is 76.1 Å². The van der Waals surface area contributed by atoms with E-state index in [2.05, 4.69) is 11.5 Å². The van der Waals surface area contributed by atoms with Crippen LogP contribution in [0, 0.1) is 11.8 Å². The minimum absolute atomic E-state index is 0.167. The molecule has 7 nitrogen and oxygen atoms in total. The molecule has 4 atom stereocenters. The zero-order valence-electron chi connectivity index (χ0n) is 25.3. The average Bonchev–Trinajstić information content (AvgIpc) is 3.31. The van der Waals surface area contributed by atoms with E-state index in [-0.39, 0.29) is 24.5 Å². The van der Waals surface area contributed by atoms with E-state index in [1.807, 2.05) is 48.7 Å². The van der Waals surface area contributed by atoms with Crippen LogP contribution < -0.4 is 9.47 Å². The van der Waals surface area contributed by atoms with E-state index in [1.54, 1.807) is 14.2 Å². The van der Waals surface area contributed by atoms with Crippen LogP contribution in [0.2, 0.25) is 5.02 Å². The zero-order valence-corrected chi connectivity index (χ0v) is 26.1. The Hall–Kier alpha value is -3.29. The molecule has 2 aliphatic rings. The first kappa shape index (κ1) is 31.1. The highest BCUT2D eigenvalue weighted by atomic mass is 35.5. The molecule has 1 aliphatic heterocycles. The van der Waals surface area contributed by atoms with E-state index in [0.717, 1.165) is 73.0 Å². The van der Waals surface area contributed by atoms with E-state index >= 15 is 0 Å². The molecule has 0 amide bonds. The van der Waals surface area contributed by atoms with Gasteiger partial charge in [0, 0.05) is 41.6 Å². The zero-order chi connectivity index (χ0) is 30.5. The SMILES string of the molecule is CCc1cc(Cl)cc2c1-n1cccc1[C@H](CC(=O)CCC1CCCC(CC(=O)O)CC1)O[C@H]2c1cccc(OC)c1OC. The Labute approximate surface area is 259 Å².